The molecule has 0 bridgehead atoms. The number of halogens is 1. The van der Waals surface area contributed by atoms with E-state index < -0.39 is 0 Å². The summed E-state index contributed by atoms with van der Waals surface area (Å²) in [4.78, 5) is 16.5. The van der Waals surface area contributed by atoms with Crippen molar-refractivity contribution in [2.24, 2.45) is 0 Å². The molecule has 0 amide bonds. The molecule has 0 fully saturated rings. The van der Waals surface area contributed by atoms with Gasteiger partial charge in [-0.2, -0.15) is 0 Å². The smallest absolute Gasteiger partial charge is 0.350 e. The minimum atomic E-state index is -0.353. The Hall–Kier alpha value is -2.01. The molecule has 0 radical (unpaired) electrons. The molecule has 0 N–H and O–H groups in total. The van der Waals surface area contributed by atoms with Crippen molar-refractivity contribution in [3.8, 4) is 0 Å². The molecule has 0 saturated carbocycles. The molecule has 3 nitrogen and oxygen atoms in total. The highest BCUT2D eigenvalue weighted by atomic mass is 32.1. The molecule has 2 rings (SSSR count). The molecule has 0 unspecified atom stereocenters. The lowest BCUT2D eigenvalue weighted by atomic mass is 10.1. The maximum Gasteiger partial charge on any atom is 0.350 e. The molecule has 0 saturated heterocycles. The summed E-state index contributed by atoms with van der Waals surface area (Å²) in [5.41, 5.74) is 2.01. The van der Waals surface area contributed by atoms with Crippen LogP contribution in [0.2, 0.25) is 0 Å². The number of rotatable bonds is 4. The van der Waals surface area contributed by atoms with Crippen LogP contribution in [0.3, 0.4) is 0 Å². The minimum Gasteiger partial charge on any atom is -0.462 e. The fourth-order valence-electron chi connectivity index (χ4n) is 1.75. The van der Waals surface area contributed by atoms with E-state index in [0.29, 0.717) is 27.7 Å². The van der Waals surface area contributed by atoms with Gasteiger partial charge < -0.3 is 4.74 Å². The molecule has 0 atom stereocenters. The minimum absolute atomic E-state index is 0.236. The van der Waals surface area contributed by atoms with E-state index in [-0.39, 0.29) is 11.8 Å². The molecule has 0 aliphatic carbocycles. The fraction of sp³-hybridized carbons (Fsp3) is 0.250. The van der Waals surface area contributed by atoms with Crippen LogP contribution in [0.25, 0.3) is 12.2 Å². The van der Waals surface area contributed by atoms with Crippen LogP contribution in [-0.2, 0) is 4.74 Å². The van der Waals surface area contributed by atoms with E-state index in [2.05, 4.69) is 4.98 Å². The SMILES string of the molecule is CCOC(=O)c1sc(C=Cc2ccc(C)c(F)c2)nc1C. The van der Waals surface area contributed by atoms with E-state index in [1.54, 1.807) is 39.0 Å². The first-order valence-electron chi connectivity index (χ1n) is 6.60. The number of esters is 1. The molecule has 21 heavy (non-hydrogen) atoms. The number of carbonyl (C=O) groups excluding carboxylic acids is 1. The molecule has 5 heteroatoms. The first-order valence-corrected chi connectivity index (χ1v) is 7.41. The largest absolute Gasteiger partial charge is 0.462 e. The van der Waals surface area contributed by atoms with E-state index in [4.69, 9.17) is 4.74 Å². The van der Waals surface area contributed by atoms with Gasteiger partial charge in [0.1, 0.15) is 15.7 Å². The van der Waals surface area contributed by atoms with Crippen LogP contribution in [0.15, 0.2) is 18.2 Å². The first-order chi connectivity index (χ1) is 10.0. The number of nitrogens with zero attached hydrogens (tertiary/aromatic N) is 1. The highest BCUT2D eigenvalue weighted by Crippen LogP contribution is 2.21. The highest BCUT2D eigenvalue weighted by molar-refractivity contribution is 7.14. The maximum absolute atomic E-state index is 13.5. The quantitative estimate of drug-likeness (QED) is 0.793. The summed E-state index contributed by atoms with van der Waals surface area (Å²) in [6.45, 7) is 5.59. The summed E-state index contributed by atoms with van der Waals surface area (Å²) in [6.07, 6.45) is 3.54. The van der Waals surface area contributed by atoms with E-state index >= 15 is 0 Å². The maximum atomic E-state index is 13.5. The average Bonchev–Trinajstić information content (AvgIpc) is 2.82. The van der Waals surface area contributed by atoms with Gasteiger partial charge in [0.25, 0.3) is 0 Å². The van der Waals surface area contributed by atoms with Gasteiger partial charge in [0, 0.05) is 0 Å². The van der Waals surface area contributed by atoms with Gasteiger partial charge in [-0.3, -0.25) is 0 Å². The number of hydrogen-bond acceptors (Lipinski definition) is 4. The second kappa shape index (κ2) is 6.63. The molecular weight excluding hydrogens is 289 g/mol. The number of carbonyl (C=O) groups is 1. The molecule has 1 aromatic heterocycles. The standard InChI is InChI=1S/C16H16FNO2S/c1-4-20-16(19)15-11(3)18-14(21-15)8-7-12-6-5-10(2)13(17)9-12/h5-9H,4H2,1-3H3. The van der Waals surface area contributed by atoms with Crippen molar-refractivity contribution in [3.63, 3.8) is 0 Å². The Kier molecular flexibility index (Phi) is 4.85. The summed E-state index contributed by atoms with van der Waals surface area (Å²) in [5, 5.41) is 0.691. The van der Waals surface area contributed by atoms with E-state index in [9.17, 15) is 9.18 Å². The van der Waals surface area contributed by atoms with Gasteiger partial charge >= 0.3 is 5.97 Å². The number of thiazole rings is 1. The van der Waals surface area contributed by atoms with Crippen molar-refractivity contribution in [3.05, 3.63) is 50.7 Å². The summed E-state index contributed by atoms with van der Waals surface area (Å²) < 4.78 is 18.4. The lowest BCUT2D eigenvalue weighted by molar-refractivity contribution is 0.0531. The van der Waals surface area contributed by atoms with Crippen LogP contribution in [0.4, 0.5) is 4.39 Å². The molecule has 1 heterocycles. The Bertz CT molecular complexity index is 692. The molecule has 1 aromatic carbocycles. The molecule has 0 aliphatic heterocycles. The predicted octanol–water partition coefficient (Wildman–Crippen LogP) is 4.25. The van der Waals surface area contributed by atoms with Crippen LogP contribution in [0, 0.1) is 19.7 Å². The topological polar surface area (TPSA) is 39.2 Å². The second-order valence-electron chi connectivity index (χ2n) is 4.53. The van der Waals surface area contributed by atoms with Crippen molar-refractivity contribution in [1.29, 1.82) is 0 Å². The van der Waals surface area contributed by atoms with Gasteiger partial charge in [-0.25, -0.2) is 14.2 Å². The van der Waals surface area contributed by atoms with Crippen LogP contribution in [0.1, 0.15) is 38.4 Å². The number of aromatic nitrogens is 1. The predicted molar refractivity (Wildman–Crippen MR) is 82.9 cm³/mol. The van der Waals surface area contributed by atoms with Gasteiger partial charge in [-0.1, -0.05) is 18.2 Å². The van der Waals surface area contributed by atoms with Crippen LogP contribution >= 0.6 is 11.3 Å². The van der Waals surface area contributed by atoms with Gasteiger partial charge in [-0.15, -0.1) is 11.3 Å². The zero-order valence-electron chi connectivity index (χ0n) is 12.1. The summed E-state index contributed by atoms with van der Waals surface area (Å²) >= 11 is 1.27. The summed E-state index contributed by atoms with van der Waals surface area (Å²) in [6, 6.07) is 5.03. The number of aryl methyl sites for hydroxylation is 2. The Morgan fingerprint density at radius 2 is 2.14 bits per heavy atom. The zero-order valence-corrected chi connectivity index (χ0v) is 13.0. The number of benzene rings is 1. The third-order valence-electron chi connectivity index (χ3n) is 2.89. The van der Waals surface area contributed by atoms with Gasteiger partial charge in [0.2, 0.25) is 0 Å². The summed E-state index contributed by atoms with van der Waals surface area (Å²) in [5.74, 6) is -0.590. The molecule has 2 aromatic rings. The number of hydrogen-bond donors (Lipinski definition) is 0. The zero-order chi connectivity index (χ0) is 15.4. The third-order valence-corrected chi connectivity index (χ3v) is 3.99. The monoisotopic (exact) mass is 305 g/mol. The van der Waals surface area contributed by atoms with Crippen molar-refractivity contribution in [2.75, 3.05) is 6.61 Å². The average molecular weight is 305 g/mol. The Balaban J connectivity index is 2.19. The van der Waals surface area contributed by atoms with Crippen molar-refractivity contribution < 1.29 is 13.9 Å². The van der Waals surface area contributed by atoms with E-state index in [1.165, 1.54) is 17.4 Å². The highest BCUT2D eigenvalue weighted by Gasteiger charge is 2.14. The summed E-state index contributed by atoms with van der Waals surface area (Å²) in [7, 11) is 0. The molecular formula is C16H16FNO2S. The third kappa shape index (κ3) is 3.76. The lowest BCUT2D eigenvalue weighted by Gasteiger charge is -1.97. The Labute approximate surface area is 127 Å². The normalized spacial score (nSPS) is 11.0. The van der Waals surface area contributed by atoms with E-state index in [1.807, 2.05) is 6.07 Å². The van der Waals surface area contributed by atoms with Crippen LogP contribution in [0.5, 0.6) is 0 Å². The van der Waals surface area contributed by atoms with Crippen molar-refractivity contribution in [1.82, 2.24) is 4.98 Å². The lowest BCUT2D eigenvalue weighted by Crippen LogP contribution is -2.03. The Morgan fingerprint density at radius 1 is 1.38 bits per heavy atom. The fourth-order valence-corrected chi connectivity index (χ4v) is 2.62. The van der Waals surface area contributed by atoms with Gasteiger partial charge in [-0.05, 0) is 44.0 Å². The van der Waals surface area contributed by atoms with Gasteiger partial charge in [0.05, 0.1) is 12.3 Å². The van der Waals surface area contributed by atoms with E-state index in [0.717, 1.165) is 5.56 Å². The first kappa shape index (κ1) is 15.4. The number of ether oxygens (including phenoxy) is 1. The van der Waals surface area contributed by atoms with Gasteiger partial charge in [0.15, 0.2) is 0 Å². The molecule has 110 valence electrons. The van der Waals surface area contributed by atoms with Crippen LogP contribution in [-0.4, -0.2) is 17.6 Å². The second-order valence-corrected chi connectivity index (χ2v) is 5.56. The van der Waals surface area contributed by atoms with Crippen LogP contribution < -0.4 is 0 Å². The molecule has 0 aliphatic rings. The Morgan fingerprint density at radius 3 is 2.81 bits per heavy atom. The van der Waals surface area contributed by atoms with Crippen molar-refractivity contribution >= 4 is 29.5 Å². The molecule has 0 spiro atoms. The van der Waals surface area contributed by atoms with Crippen molar-refractivity contribution in [2.45, 2.75) is 20.8 Å².